The van der Waals surface area contributed by atoms with E-state index in [1.807, 2.05) is 36.4 Å². The predicted molar refractivity (Wildman–Crippen MR) is 81.5 cm³/mol. The molecule has 98 valence electrons. The van der Waals surface area contributed by atoms with Crippen LogP contribution in [-0.4, -0.2) is 6.03 Å². The highest BCUT2D eigenvalue weighted by Crippen LogP contribution is 2.15. The second kappa shape index (κ2) is 6.59. The van der Waals surface area contributed by atoms with Gasteiger partial charge in [-0.2, -0.15) is 0 Å². The number of halogens is 2. The number of anilines is 1. The lowest BCUT2D eigenvalue weighted by Crippen LogP contribution is -2.28. The molecule has 2 aromatic rings. The fourth-order valence-electron chi connectivity index (χ4n) is 1.53. The van der Waals surface area contributed by atoms with Crippen LogP contribution in [0.25, 0.3) is 0 Å². The molecule has 0 aliphatic carbocycles. The van der Waals surface area contributed by atoms with Crippen molar-refractivity contribution in [2.24, 2.45) is 0 Å². The third-order valence-electron chi connectivity index (χ3n) is 2.45. The first-order chi connectivity index (χ1) is 9.13. The Morgan fingerprint density at radius 1 is 1.16 bits per heavy atom. The second-order valence-corrected chi connectivity index (χ2v) is 5.30. The van der Waals surface area contributed by atoms with Crippen molar-refractivity contribution in [2.75, 3.05) is 5.32 Å². The van der Waals surface area contributed by atoms with Gasteiger partial charge >= 0.3 is 6.03 Å². The van der Waals surface area contributed by atoms with Crippen molar-refractivity contribution >= 4 is 39.2 Å². The van der Waals surface area contributed by atoms with E-state index in [1.165, 1.54) is 0 Å². The molecule has 19 heavy (non-hydrogen) atoms. The molecule has 0 spiro atoms. The highest BCUT2D eigenvalue weighted by atomic mass is 79.9. The molecule has 5 heteroatoms. The summed E-state index contributed by atoms with van der Waals surface area (Å²) in [4.78, 5) is 11.7. The quantitative estimate of drug-likeness (QED) is 0.853. The standard InChI is InChI=1S/C14H12BrClN2O/c15-11-2-1-3-13(8-11)18-14(19)17-9-10-4-6-12(16)7-5-10/h1-8H,9H2,(H2,17,18,19). The van der Waals surface area contributed by atoms with Gasteiger partial charge in [0.2, 0.25) is 0 Å². The number of hydrogen-bond acceptors (Lipinski definition) is 1. The molecule has 0 atom stereocenters. The molecule has 2 aromatic carbocycles. The van der Waals surface area contributed by atoms with E-state index in [2.05, 4.69) is 26.6 Å². The van der Waals surface area contributed by atoms with Crippen LogP contribution < -0.4 is 10.6 Å². The fourth-order valence-corrected chi connectivity index (χ4v) is 2.05. The van der Waals surface area contributed by atoms with Crippen LogP contribution in [0.2, 0.25) is 5.02 Å². The highest BCUT2D eigenvalue weighted by molar-refractivity contribution is 9.10. The Labute approximate surface area is 125 Å². The van der Waals surface area contributed by atoms with Gasteiger partial charge in [-0.25, -0.2) is 4.79 Å². The zero-order valence-electron chi connectivity index (χ0n) is 9.99. The maximum absolute atomic E-state index is 11.7. The molecule has 0 aliphatic heterocycles. The van der Waals surface area contributed by atoms with Crippen molar-refractivity contribution in [1.82, 2.24) is 5.32 Å². The lowest BCUT2D eigenvalue weighted by molar-refractivity contribution is 0.251. The van der Waals surface area contributed by atoms with E-state index in [0.717, 1.165) is 15.7 Å². The number of rotatable bonds is 3. The minimum Gasteiger partial charge on any atom is -0.334 e. The number of nitrogens with one attached hydrogen (secondary N) is 2. The Hall–Kier alpha value is -1.52. The van der Waals surface area contributed by atoms with E-state index < -0.39 is 0 Å². The first-order valence-electron chi connectivity index (χ1n) is 5.68. The van der Waals surface area contributed by atoms with Gasteiger partial charge in [0.05, 0.1) is 0 Å². The molecule has 0 heterocycles. The van der Waals surface area contributed by atoms with Gasteiger partial charge in [0.15, 0.2) is 0 Å². The Kier molecular flexibility index (Phi) is 4.82. The van der Waals surface area contributed by atoms with Gasteiger partial charge in [0, 0.05) is 21.7 Å². The lowest BCUT2D eigenvalue weighted by atomic mass is 10.2. The summed E-state index contributed by atoms with van der Waals surface area (Å²) in [6.07, 6.45) is 0. The van der Waals surface area contributed by atoms with Crippen LogP contribution in [0.15, 0.2) is 53.0 Å². The number of urea groups is 1. The molecule has 2 amide bonds. The summed E-state index contributed by atoms with van der Waals surface area (Å²) in [6, 6.07) is 14.5. The molecule has 0 aliphatic rings. The molecule has 0 fully saturated rings. The zero-order chi connectivity index (χ0) is 13.7. The molecule has 2 N–H and O–H groups in total. The number of hydrogen-bond donors (Lipinski definition) is 2. The van der Waals surface area contributed by atoms with Crippen LogP contribution in [0.3, 0.4) is 0 Å². The number of amides is 2. The lowest BCUT2D eigenvalue weighted by Gasteiger charge is -2.08. The fraction of sp³-hybridized carbons (Fsp3) is 0.0714. The first kappa shape index (κ1) is 13.9. The van der Waals surface area contributed by atoms with Crippen LogP contribution in [0.1, 0.15) is 5.56 Å². The average Bonchev–Trinajstić information content (AvgIpc) is 2.38. The van der Waals surface area contributed by atoms with Gasteiger partial charge < -0.3 is 10.6 Å². The van der Waals surface area contributed by atoms with E-state index in [-0.39, 0.29) is 6.03 Å². The molecule has 0 radical (unpaired) electrons. The van der Waals surface area contributed by atoms with E-state index in [0.29, 0.717) is 11.6 Å². The SMILES string of the molecule is O=C(NCc1ccc(Cl)cc1)Nc1cccc(Br)c1. The molecule has 2 rings (SSSR count). The van der Waals surface area contributed by atoms with E-state index >= 15 is 0 Å². The predicted octanol–water partition coefficient (Wildman–Crippen LogP) is 4.42. The van der Waals surface area contributed by atoms with Gasteiger partial charge in [-0.15, -0.1) is 0 Å². The monoisotopic (exact) mass is 338 g/mol. The van der Waals surface area contributed by atoms with Crippen molar-refractivity contribution in [3.05, 3.63) is 63.6 Å². The summed E-state index contributed by atoms with van der Waals surface area (Å²) < 4.78 is 0.919. The maximum Gasteiger partial charge on any atom is 0.319 e. The minimum atomic E-state index is -0.243. The summed E-state index contributed by atoms with van der Waals surface area (Å²) >= 11 is 9.14. The Morgan fingerprint density at radius 3 is 2.58 bits per heavy atom. The largest absolute Gasteiger partial charge is 0.334 e. The molecule has 0 aromatic heterocycles. The topological polar surface area (TPSA) is 41.1 Å². The molecule has 0 bridgehead atoms. The van der Waals surface area contributed by atoms with E-state index in [1.54, 1.807) is 12.1 Å². The number of benzene rings is 2. The van der Waals surface area contributed by atoms with Crippen LogP contribution in [-0.2, 0) is 6.54 Å². The Morgan fingerprint density at radius 2 is 1.89 bits per heavy atom. The summed E-state index contributed by atoms with van der Waals surface area (Å²) in [5, 5.41) is 6.22. The van der Waals surface area contributed by atoms with Crippen molar-refractivity contribution in [2.45, 2.75) is 6.54 Å². The van der Waals surface area contributed by atoms with Gasteiger partial charge in [-0.1, -0.05) is 45.7 Å². The van der Waals surface area contributed by atoms with Crippen LogP contribution in [0.5, 0.6) is 0 Å². The summed E-state index contributed by atoms with van der Waals surface area (Å²) in [5.74, 6) is 0. The average molecular weight is 340 g/mol. The van der Waals surface area contributed by atoms with Crippen molar-refractivity contribution in [1.29, 1.82) is 0 Å². The summed E-state index contributed by atoms with van der Waals surface area (Å²) in [5.41, 5.74) is 1.73. The highest BCUT2D eigenvalue weighted by Gasteiger charge is 2.02. The minimum absolute atomic E-state index is 0.243. The van der Waals surface area contributed by atoms with Gasteiger partial charge in [0.1, 0.15) is 0 Å². The van der Waals surface area contributed by atoms with Crippen molar-refractivity contribution in [3.63, 3.8) is 0 Å². The van der Waals surface area contributed by atoms with E-state index in [9.17, 15) is 4.79 Å². The Balaban J connectivity index is 1.86. The Bertz CT molecular complexity index is 572. The summed E-state index contributed by atoms with van der Waals surface area (Å²) in [6.45, 7) is 0.455. The van der Waals surface area contributed by atoms with Crippen LogP contribution >= 0.6 is 27.5 Å². The number of carbonyl (C=O) groups excluding carboxylic acids is 1. The molecule has 3 nitrogen and oxygen atoms in total. The van der Waals surface area contributed by atoms with Crippen LogP contribution in [0, 0.1) is 0 Å². The molecular weight excluding hydrogens is 328 g/mol. The van der Waals surface area contributed by atoms with Gasteiger partial charge in [-0.05, 0) is 35.9 Å². The molecular formula is C14H12BrClN2O. The second-order valence-electron chi connectivity index (χ2n) is 3.94. The third kappa shape index (κ3) is 4.58. The molecule has 0 saturated carbocycles. The normalized spacial score (nSPS) is 10.0. The molecule has 0 unspecified atom stereocenters. The third-order valence-corrected chi connectivity index (χ3v) is 3.19. The first-order valence-corrected chi connectivity index (χ1v) is 6.85. The summed E-state index contributed by atoms with van der Waals surface area (Å²) in [7, 11) is 0. The van der Waals surface area contributed by atoms with Gasteiger partial charge in [-0.3, -0.25) is 0 Å². The van der Waals surface area contributed by atoms with Crippen LogP contribution in [0.4, 0.5) is 10.5 Å². The maximum atomic E-state index is 11.7. The van der Waals surface area contributed by atoms with Crippen molar-refractivity contribution < 1.29 is 4.79 Å². The van der Waals surface area contributed by atoms with Gasteiger partial charge in [0.25, 0.3) is 0 Å². The van der Waals surface area contributed by atoms with Crippen molar-refractivity contribution in [3.8, 4) is 0 Å². The van der Waals surface area contributed by atoms with E-state index in [4.69, 9.17) is 11.6 Å². The molecule has 0 saturated heterocycles. The number of carbonyl (C=O) groups is 1. The smallest absolute Gasteiger partial charge is 0.319 e. The zero-order valence-corrected chi connectivity index (χ0v) is 12.3.